The number of β-amino-alcohol motifs (C(OH)–C–C–N with tert-alkyl or cyclic N) is 1. The number of carbonyl (C=O) groups excluding carboxylic acids is 1. The lowest BCUT2D eigenvalue weighted by Crippen LogP contribution is -2.40. The van der Waals surface area contributed by atoms with Crippen molar-refractivity contribution in [2.75, 3.05) is 6.54 Å². The number of carbonyl (C=O) groups is 1. The van der Waals surface area contributed by atoms with E-state index in [0.717, 1.165) is 10.7 Å². The fourth-order valence-electron chi connectivity index (χ4n) is 1.89. The topological polar surface area (TPSA) is 74.2 Å². The summed E-state index contributed by atoms with van der Waals surface area (Å²) in [7, 11) is 0. The van der Waals surface area contributed by atoms with Gasteiger partial charge in [0, 0.05) is 17.8 Å². The molecule has 2 atom stereocenters. The molecule has 1 aliphatic heterocycles. The first-order valence-electron chi connectivity index (χ1n) is 6.19. The average molecular weight is 269 g/mol. The van der Waals surface area contributed by atoms with Gasteiger partial charge in [0.15, 0.2) is 0 Å². The lowest BCUT2D eigenvalue weighted by molar-refractivity contribution is -0.123. The number of aromatic nitrogens is 1. The minimum Gasteiger partial charge on any atom is -0.392 e. The third-order valence-electron chi connectivity index (χ3n) is 2.93. The molecule has 100 valence electrons. The predicted molar refractivity (Wildman–Crippen MR) is 70.5 cm³/mol. The Balaban J connectivity index is 1.81. The summed E-state index contributed by atoms with van der Waals surface area (Å²) in [6, 6.07) is -0.275. The largest absolute Gasteiger partial charge is 0.392 e. The maximum atomic E-state index is 11.8. The van der Waals surface area contributed by atoms with Gasteiger partial charge in [-0.05, 0) is 6.42 Å². The van der Waals surface area contributed by atoms with E-state index in [1.165, 1.54) is 0 Å². The third-order valence-corrected chi connectivity index (χ3v) is 4.13. The Kier molecular flexibility index (Phi) is 4.31. The monoisotopic (exact) mass is 269 g/mol. The highest BCUT2D eigenvalue weighted by molar-refractivity contribution is 7.09. The molecule has 0 bridgehead atoms. The minimum absolute atomic E-state index is 0.0642. The van der Waals surface area contributed by atoms with Crippen molar-refractivity contribution < 1.29 is 9.90 Å². The van der Waals surface area contributed by atoms with E-state index in [4.69, 9.17) is 0 Å². The highest BCUT2D eigenvalue weighted by Crippen LogP contribution is 2.19. The van der Waals surface area contributed by atoms with Gasteiger partial charge < -0.3 is 15.7 Å². The predicted octanol–water partition coefficient (Wildman–Crippen LogP) is 0.605. The SMILES string of the molecule is CC(C)c1nc(CNC(=O)[C@H]2C[C@@H](O)CN2)cs1. The van der Waals surface area contributed by atoms with Crippen LogP contribution in [0.2, 0.25) is 0 Å². The van der Waals surface area contributed by atoms with Crippen molar-refractivity contribution in [3.05, 3.63) is 16.1 Å². The number of rotatable bonds is 4. The molecule has 18 heavy (non-hydrogen) atoms. The van der Waals surface area contributed by atoms with E-state index in [1.807, 2.05) is 5.38 Å². The maximum absolute atomic E-state index is 11.8. The summed E-state index contributed by atoms with van der Waals surface area (Å²) in [6.07, 6.45) is 0.0766. The molecular weight excluding hydrogens is 250 g/mol. The van der Waals surface area contributed by atoms with Crippen LogP contribution in [-0.4, -0.2) is 34.7 Å². The number of amides is 1. The quantitative estimate of drug-likeness (QED) is 0.748. The summed E-state index contributed by atoms with van der Waals surface area (Å²) in [4.78, 5) is 16.3. The zero-order valence-corrected chi connectivity index (χ0v) is 11.5. The summed E-state index contributed by atoms with van der Waals surface area (Å²) in [5.41, 5.74) is 0.899. The van der Waals surface area contributed by atoms with Crippen molar-refractivity contribution >= 4 is 17.2 Å². The van der Waals surface area contributed by atoms with E-state index in [0.29, 0.717) is 25.4 Å². The second-order valence-electron chi connectivity index (χ2n) is 4.90. The van der Waals surface area contributed by atoms with E-state index >= 15 is 0 Å². The molecule has 2 heterocycles. The Labute approximate surface area is 111 Å². The second-order valence-corrected chi connectivity index (χ2v) is 5.79. The van der Waals surface area contributed by atoms with Gasteiger partial charge in [-0.25, -0.2) is 4.98 Å². The van der Waals surface area contributed by atoms with Gasteiger partial charge in [0.05, 0.1) is 29.4 Å². The van der Waals surface area contributed by atoms with E-state index < -0.39 is 6.10 Å². The molecule has 6 heteroatoms. The number of aliphatic hydroxyl groups excluding tert-OH is 1. The number of aliphatic hydroxyl groups is 1. The van der Waals surface area contributed by atoms with Crippen LogP contribution in [-0.2, 0) is 11.3 Å². The highest BCUT2D eigenvalue weighted by atomic mass is 32.1. The van der Waals surface area contributed by atoms with E-state index in [1.54, 1.807) is 11.3 Å². The number of nitrogens with zero attached hydrogens (tertiary/aromatic N) is 1. The summed E-state index contributed by atoms with van der Waals surface area (Å²) in [5.74, 6) is 0.358. The molecule has 1 aliphatic rings. The van der Waals surface area contributed by atoms with Gasteiger partial charge in [-0.3, -0.25) is 4.79 Å². The first kappa shape index (κ1) is 13.5. The molecular formula is C12H19N3O2S. The molecule has 1 fully saturated rings. The number of nitrogens with one attached hydrogen (secondary N) is 2. The van der Waals surface area contributed by atoms with Crippen LogP contribution >= 0.6 is 11.3 Å². The minimum atomic E-state index is -0.410. The molecule has 2 rings (SSSR count). The molecule has 0 spiro atoms. The average Bonchev–Trinajstić information content (AvgIpc) is 2.94. The fraction of sp³-hybridized carbons (Fsp3) is 0.667. The first-order chi connectivity index (χ1) is 8.56. The van der Waals surface area contributed by atoms with Crippen LogP contribution in [0.15, 0.2) is 5.38 Å². The normalized spacial score (nSPS) is 23.6. The van der Waals surface area contributed by atoms with Crippen LogP contribution in [0.25, 0.3) is 0 Å². The zero-order chi connectivity index (χ0) is 13.1. The third kappa shape index (κ3) is 3.28. The molecule has 1 aromatic heterocycles. The Bertz CT molecular complexity index is 419. The molecule has 1 amide bonds. The van der Waals surface area contributed by atoms with Gasteiger partial charge in [0.2, 0.25) is 5.91 Å². The van der Waals surface area contributed by atoms with Gasteiger partial charge in [-0.2, -0.15) is 0 Å². The summed E-state index contributed by atoms with van der Waals surface area (Å²) >= 11 is 1.62. The van der Waals surface area contributed by atoms with E-state index in [-0.39, 0.29) is 11.9 Å². The molecule has 5 nitrogen and oxygen atoms in total. The van der Waals surface area contributed by atoms with Crippen molar-refractivity contribution in [3.8, 4) is 0 Å². The van der Waals surface area contributed by atoms with Crippen LogP contribution in [0.3, 0.4) is 0 Å². The summed E-state index contributed by atoms with van der Waals surface area (Å²) in [5, 5.41) is 18.2. The van der Waals surface area contributed by atoms with Crippen molar-refractivity contribution in [2.24, 2.45) is 0 Å². The smallest absolute Gasteiger partial charge is 0.237 e. The molecule has 1 aromatic rings. The molecule has 3 N–H and O–H groups in total. The fourth-order valence-corrected chi connectivity index (χ4v) is 2.72. The van der Waals surface area contributed by atoms with Crippen molar-refractivity contribution in [1.29, 1.82) is 0 Å². The number of hydrogen-bond acceptors (Lipinski definition) is 5. The van der Waals surface area contributed by atoms with Crippen molar-refractivity contribution in [2.45, 2.75) is 44.9 Å². The Morgan fingerprint density at radius 2 is 2.50 bits per heavy atom. The van der Waals surface area contributed by atoms with Crippen molar-refractivity contribution in [3.63, 3.8) is 0 Å². The van der Waals surface area contributed by atoms with Crippen molar-refractivity contribution in [1.82, 2.24) is 15.6 Å². The lowest BCUT2D eigenvalue weighted by Gasteiger charge is -2.09. The van der Waals surface area contributed by atoms with Gasteiger partial charge >= 0.3 is 0 Å². The number of thiazole rings is 1. The van der Waals surface area contributed by atoms with Gasteiger partial charge in [-0.1, -0.05) is 13.8 Å². The highest BCUT2D eigenvalue weighted by Gasteiger charge is 2.27. The second kappa shape index (κ2) is 5.77. The van der Waals surface area contributed by atoms with Gasteiger partial charge in [0.25, 0.3) is 0 Å². The van der Waals surface area contributed by atoms with Crippen LogP contribution in [0.4, 0.5) is 0 Å². The Morgan fingerprint density at radius 1 is 1.72 bits per heavy atom. The van der Waals surface area contributed by atoms with Crippen LogP contribution in [0.1, 0.15) is 36.9 Å². The van der Waals surface area contributed by atoms with Crippen LogP contribution in [0, 0.1) is 0 Å². The number of hydrogen-bond donors (Lipinski definition) is 3. The first-order valence-corrected chi connectivity index (χ1v) is 7.07. The zero-order valence-electron chi connectivity index (χ0n) is 10.6. The standard InChI is InChI=1S/C12H19N3O2S/c1-7(2)12-15-8(6-18-12)4-14-11(17)10-3-9(16)5-13-10/h6-7,9-10,13,16H,3-5H2,1-2H3,(H,14,17)/t9-,10-/m1/s1. The van der Waals surface area contributed by atoms with Gasteiger partial charge in [-0.15, -0.1) is 11.3 Å². The Hall–Kier alpha value is -0.980. The van der Waals surface area contributed by atoms with Crippen LogP contribution < -0.4 is 10.6 Å². The molecule has 0 aliphatic carbocycles. The molecule has 0 aromatic carbocycles. The van der Waals surface area contributed by atoms with Crippen LogP contribution in [0.5, 0.6) is 0 Å². The summed E-state index contributed by atoms with van der Waals surface area (Å²) < 4.78 is 0. The van der Waals surface area contributed by atoms with E-state index in [9.17, 15) is 9.90 Å². The molecule has 0 radical (unpaired) electrons. The van der Waals surface area contributed by atoms with E-state index in [2.05, 4.69) is 29.5 Å². The molecule has 0 saturated carbocycles. The molecule has 0 unspecified atom stereocenters. The lowest BCUT2D eigenvalue weighted by atomic mass is 10.2. The summed E-state index contributed by atoms with van der Waals surface area (Å²) in [6.45, 7) is 5.15. The maximum Gasteiger partial charge on any atom is 0.237 e. The Morgan fingerprint density at radius 3 is 3.06 bits per heavy atom. The molecule has 1 saturated heterocycles. The van der Waals surface area contributed by atoms with Gasteiger partial charge in [0.1, 0.15) is 0 Å².